The number of hydrogen-bond acceptors (Lipinski definition) is 1. The van der Waals surface area contributed by atoms with E-state index in [1.165, 1.54) is 32.1 Å². The first kappa shape index (κ1) is 16.3. The zero-order valence-electron chi connectivity index (χ0n) is 12.8. The van der Waals surface area contributed by atoms with E-state index in [2.05, 4.69) is 32.9 Å². The van der Waals surface area contributed by atoms with Crippen molar-refractivity contribution < 1.29 is 9.90 Å². The lowest BCUT2D eigenvalue weighted by Crippen LogP contribution is -2.31. The number of carbonyl (C=O) groups is 1. The molecule has 2 nitrogen and oxygen atoms in total. The molecule has 1 N–H and O–H groups in total. The van der Waals surface area contributed by atoms with E-state index in [0.29, 0.717) is 11.8 Å². The average molecular weight is 266 g/mol. The maximum absolute atomic E-state index is 10.4. The van der Waals surface area contributed by atoms with E-state index < -0.39 is 5.97 Å². The van der Waals surface area contributed by atoms with Crippen molar-refractivity contribution in [1.29, 1.82) is 0 Å². The summed E-state index contributed by atoms with van der Waals surface area (Å²) >= 11 is 0. The van der Waals surface area contributed by atoms with E-state index in [1.54, 1.807) is 0 Å². The molecule has 1 saturated carbocycles. The van der Waals surface area contributed by atoms with Crippen LogP contribution in [0.4, 0.5) is 0 Å². The first-order valence-corrected chi connectivity index (χ1v) is 7.82. The molecule has 0 saturated heterocycles. The predicted octanol–water partition coefficient (Wildman–Crippen LogP) is 5.04. The smallest absolute Gasteiger partial charge is 0.303 e. The molecule has 2 atom stereocenters. The topological polar surface area (TPSA) is 37.3 Å². The molecule has 0 aromatic heterocycles. The highest BCUT2D eigenvalue weighted by Gasteiger charge is 2.34. The lowest BCUT2D eigenvalue weighted by molar-refractivity contribution is -0.137. The summed E-state index contributed by atoms with van der Waals surface area (Å²) in [5.41, 5.74) is 0.495. The lowest BCUT2D eigenvalue weighted by Gasteiger charge is -2.42. The highest BCUT2D eigenvalue weighted by Crippen LogP contribution is 2.45. The number of carboxylic acid groups (broad SMARTS) is 1. The molecule has 0 spiro atoms. The van der Waals surface area contributed by atoms with Crippen LogP contribution in [0.25, 0.3) is 0 Å². The Bertz CT molecular complexity index is 304. The molecule has 0 radical (unpaired) electrons. The van der Waals surface area contributed by atoms with Gasteiger partial charge in [0.2, 0.25) is 0 Å². The number of rotatable bonds is 7. The van der Waals surface area contributed by atoms with Gasteiger partial charge in [0.25, 0.3) is 0 Å². The van der Waals surface area contributed by atoms with Crippen LogP contribution in [-0.2, 0) is 4.79 Å². The third-order valence-corrected chi connectivity index (χ3v) is 4.73. The Hall–Kier alpha value is -0.790. The fourth-order valence-corrected chi connectivity index (χ4v) is 3.58. The van der Waals surface area contributed by atoms with E-state index in [9.17, 15) is 4.79 Å². The molecule has 1 rings (SSSR count). The van der Waals surface area contributed by atoms with E-state index in [-0.39, 0.29) is 0 Å². The van der Waals surface area contributed by atoms with Crippen molar-refractivity contribution in [2.75, 3.05) is 0 Å². The van der Waals surface area contributed by atoms with Crippen LogP contribution < -0.4 is 0 Å². The summed E-state index contributed by atoms with van der Waals surface area (Å²) in [6.45, 7) is 7.16. The zero-order valence-corrected chi connectivity index (χ0v) is 12.8. The van der Waals surface area contributed by atoms with Crippen molar-refractivity contribution in [1.82, 2.24) is 0 Å². The quantitative estimate of drug-likeness (QED) is 0.517. The molecule has 0 bridgehead atoms. The fourth-order valence-electron chi connectivity index (χ4n) is 3.58. The summed E-state index contributed by atoms with van der Waals surface area (Å²) in [4.78, 5) is 10.4. The first-order chi connectivity index (χ1) is 8.95. The minimum Gasteiger partial charge on any atom is -0.481 e. The van der Waals surface area contributed by atoms with E-state index >= 15 is 0 Å². The van der Waals surface area contributed by atoms with Gasteiger partial charge in [0.05, 0.1) is 0 Å². The van der Waals surface area contributed by atoms with Gasteiger partial charge in [0.15, 0.2) is 0 Å². The molecular formula is C17H30O2. The predicted molar refractivity (Wildman–Crippen MR) is 80.1 cm³/mol. The Kier molecular flexibility index (Phi) is 6.60. The van der Waals surface area contributed by atoms with Crippen molar-refractivity contribution in [2.45, 2.75) is 72.1 Å². The molecule has 19 heavy (non-hydrogen) atoms. The number of hydrogen-bond donors (Lipinski definition) is 1. The summed E-state index contributed by atoms with van der Waals surface area (Å²) in [5, 5.41) is 8.56. The maximum Gasteiger partial charge on any atom is 0.303 e. The Balaban J connectivity index is 2.24. The van der Waals surface area contributed by atoms with Crippen LogP contribution in [-0.4, -0.2) is 11.1 Å². The van der Waals surface area contributed by atoms with Crippen LogP contribution in [0.3, 0.4) is 0 Å². The van der Waals surface area contributed by atoms with Gasteiger partial charge in [-0.25, -0.2) is 0 Å². The standard InChI is InChI=1S/C17H30O2/c1-4-15-12-11-14(13-17(15,2)3)9-7-5-6-8-10-16(18)19/h5,7,14-15H,4,6,8-13H2,1-3H3,(H,18,19)/b7-5-/t14-,15+/m1/s1. The molecule has 2 heteroatoms. The molecule has 0 amide bonds. The molecular weight excluding hydrogens is 236 g/mol. The first-order valence-electron chi connectivity index (χ1n) is 7.82. The fraction of sp³-hybridized carbons (Fsp3) is 0.824. The summed E-state index contributed by atoms with van der Waals surface area (Å²) < 4.78 is 0. The van der Waals surface area contributed by atoms with Crippen LogP contribution in [0.15, 0.2) is 12.2 Å². The van der Waals surface area contributed by atoms with Gasteiger partial charge in [-0.15, -0.1) is 0 Å². The number of unbranched alkanes of at least 4 members (excludes halogenated alkanes) is 1. The third kappa shape index (κ3) is 5.80. The average Bonchev–Trinajstić information content (AvgIpc) is 2.32. The highest BCUT2D eigenvalue weighted by molar-refractivity contribution is 5.66. The Morgan fingerprint density at radius 3 is 2.63 bits per heavy atom. The summed E-state index contributed by atoms with van der Waals surface area (Å²) in [6.07, 6.45) is 13.0. The monoisotopic (exact) mass is 266 g/mol. The second-order valence-electron chi connectivity index (χ2n) is 6.73. The van der Waals surface area contributed by atoms with Crippen molar-refractivity contribution in [2.24, 2.45) is 17.3 Å². The maximum atomic E-state index is 10.4. The molecule has 110 valence electrons. The molecule has 0 unspecified atom stereocenters. The Morgan fingerprint density at radius 1 is 1.32 bits per heavy atom. The van der Waals surface area contributed by atoms with Gasteiger partial charge in [-0.2, -0.15) is 0 Å². The van der Waals surface area contributed by atoms with Crippen LogP contribution >= 0.6 is 0 Å². The van der Waals surface area contributed by atoms with Crippen LogP contribution in [0.2, 0.25) is 0 Å². The lowest BCUT2D eigenvalue weighted by atomic mass is 9.63. The van der Waals surface area contributed by atoms with Crippen LogP contribution in [0.5, 0.6) is 0 Å². The van der Waals surface area contributed by atoms with E-state index in [1.807, 2.05) is 0 Å². The van der Waals surface area contributed by atoms with Gasteiger partial charge in [0, 0.05) is 6.42 Å². The molecule has 0 aromatic carbocycles. The molecule has 0 aromatic rings. The minimum absolute atomic E-state index is 0.291. The van der Waals surface area contributed by atoms with Crippen molar-refractivity contribution in [3.05, 3.63) is 12.2 Å². The van der Waals surface area contributed by atoms with E-state index in [0.717, 1.165) is 24.7 Å². The van der Waals surface area contributed by atoms with Gasteiger partial charge in [-0.3, -0.25) is 4.79 Å². The Morgan fingerprint density at radius 2 is 2.05 bits per heavy atom. The van der Waals surface area contributed by atoms with Gasteiger partial charge in [-0.1, -0.05) is 39.3 Å². The second kappa shape index (κ2) is 7.72. The normalized spacial score (nSPS) is 26.7. The third-order valence-electron chi connectivity index (χ3n) is 4.73. The van der Waals surface area contributed by atoms with Gasteiger partial charge in [-0.05, 0) is 55.8 Å². The number of carboxylic acids is 1. The van der Waals surface area contributed by atoms with Gasteiger partial charge < -0.3 is 5.11 Å². The van der Waals surface area contributed by atoms with E-state index in [4.69, 9.17) is 5.11 Å². The van der Waals surface area contributed by atoms with Crippen LogP contribution in [0.1, 0.15) is 72.1 Å². The second-order valence-corrected chi connectivity index (χ2v) is 6.73. The molecule has 1 fully saturated rings. The summed E-state index contributed by atoms with van der Waals surface area (Å²) in [7, 11) is 0. The largest absolute Gasteiger partial charge is 0.481 e. The molecule has 0 aliphatic heterocycles. The molecule has 0 heterocycles. The van der Waals surface area contributed by atoms with Gasteiger partial charge in [0.1, 0.15) is 0 Å². The summed E-state index contributed by atoms with van der Waals surface area (Å²) in [5.74, 6) is 1.03. The molecule has 1 aliphatic rings. The summed E-state index contributed by atoms with van der Waals surface area (Å²) in [6, 6.07) is 0. The SMILES string of the molecule is CC[C@H]1CC[C@@H](C/C=C\CCCC(=O)O)CC1(C)C. The van der Waals surface area contributed by atoms with Crippen molar-refractivity contribution >= 4 is 5.97 Å². The minimum atomic E-state index is -0.687. The molecule has 1 aliphatic carbocycles. The Labute approximate surface area is 118 Å². The number of allylic oxidation sites excluding steroid dienone is 2. The highest BCUT2D eigenvalue weighted by atomic mass is 16.4. The van der Waals surface area contributed by atoms with Crippen molar-refractivity contribution in [3.8, 4) is 0 Å². The van der Waals surface area contributed by atoms with Crippen molar-refractivity contribution in [3.63, 3.8) is 0 Å². The zero-order chi connectivity index (χ0) is 14.3. The van der Waals surface area contributed by atoms with Gasteiger partial charge >= 0.3 is 5.97 Å². The van der Waals surface area contributed by atoms with Crippen LogP contribution in [0, 0.1) is 17.3 Å². The number of aliphatic carboxylic acids is 1.